The van der Waals surface area contributed by atoms with Crippen LogP contribution in [0.4, 0.5) is 0 Å². The number of nitrogens with zero attached hydrogens (tertiary/aromatic N) is 1. The molecule has 0 unspecified atom stereocenters. The summed E-state index contributed by atoms with van der Waals surface area (Å²) in [4.78, 5) is 2.40. The number of likely N-dealkylation sites (tertiary alicyclic amines) is 1. The molecule has 140 valence electrons. The van der Waals surface area contributed by atoms with Crippen LogP contribution in [-0.2, 0) is 12.1 Å². The number of ether oxygens (including phenoxy) is 1. The maximum Gasteiger partial charge on any atom is 0.123 e. The largest absolute Gasteiger partial charge is 0.493 e. The Kier molecular flexibility index (Phi) is 6.78. The Bertz CT molecular complexity index is 725. The average molecular weight is 483 g/mol. The molecule has 0 radical (unpaired) electrons. The van der Waals surface area contributed by atoms with Gasteiger partial charge in [0.15, 0.2) is 0 Å². The number of rotatable bonds is 6. The fourth-order valence-electron chi connectivity index (χ4n) is 3.40. The molecule has 2 aromatic carbocycles. The van der Waals surface area contributed by atoms with E-state index in [9.17, 15) is 5.11 Å². The molecule has 2 aromatic rings. The number of hydrogen-bond acceptors (Lipinski definition) is 3. The Morgan fingerprint density at radius 2 is 1.69 bits per heavy atom. The first-order chi connectivity index (χ1) is 12.5. The van der Waals surface area contributed by atoms with Gasteiger partial charge in [0.2, 0.25) is 0 Å². The molecule has 26 heavy (non-hydrogen) atoms. The first-order valence-electron chi connectivity index (χ1n) is 9.12. The standard InChI is InChI=1S/C21H25Br2NO2/c1-2-13-26-20-8-7-19(23)14-16(20)15-24-11-9-21(25,10-12-24)17-3-5-18(22)6-4-17/h3-8,14,25H,2,9-13,15H2,1H3. The quantitative estimate of drug-likeness (QED) is 0.591. The third kappa shape index (κ3) is 4.89. The highest BCUT2D eigenvalue weighted by atomic mass is 79.9. The van der Waals surface area contributed by atoms with Crippen molar-refractivity contribution in [3.63, 3.8) is 0 Å². The Labute approximate surface area is 172 Å². The van der Waals surface area contributed by atoms with Crippen LogP contribution in [0.2, 0.25) is 0 Å². The Morgan fingerprint density at radius 1 is 1.04 bits per heavy atom. The Balaban J connectivity index is 1.65. The number of benzene rings is 2. The van der Waals surface area contributed by atoms with Crippen LogP contribution in [0, 0.1) is 0 Å². The molecular weight excluding hydrogens is 458 g/mol. The Hall–Kier alpha value is -0.880. The van der Waals surface area contributed by atoms with Crippen LogP contribution in [0.15, 0.2) is 51.4 Å². The third-order valence-electron chi connectivity index (χ3n) is 4.94. The summed E-state index contributed by atoms with van der Waals surface area (Å²) in [5.41, 5.74) is 1.48. The minimum Gasteiger partial charge on any atom is -0.493 e. The maximum absolute atomic E-state index is 11.1. The van der Waals surface area contributed by atoms with E-state index in [-0.39, 0.29) is 0 Å². The topological polar surface area (TPSA) is 32.7 Å². The summed E-state index contributed by atoms with van der Waals surface area (Å²) in [6.45, 7) is 5.43. The first-order valence-corrected chi connectivity index (χ1v) is 10.7. The van der Waals surface area contributed by atoms with Gasteiger partial charge in [-0.05, 0) is 55.2 Å². The first kappa shape index (κ1) is 19.9. The molecule has 3 rings (SSSR count). The molecule has 0 aromatic heterocycles. The molecule has 0 aliphatic carbocycles. The van der Waals surface area contributed by atoms with Crippen molar-refractivity contribution in [2.24, 2.45) is 0 Å². The maximum atomic E-state index is 11.1. The van der Waals surface area contributed by atoms with Gasteiger partial charge in [0, 0.05) is 34.1 Å². The fraction of sp³-hybridized carbons (Fsp3) is 0.429. The minimum atomic E-state index is -0.726. The lowest BCUT2D eigenvalue weighted by molar-refractivity contribution is -0.0278. The van der Waals surface area contributed by atoms with Gasteiger partial charge < -0.3 is 9.84 Å². The summed E-state index contributed by atoms with van der Waals surface area (Å²) in [6, 6.07) is 14.2. The molecule has 5 heteroatoms. The van der Waals surface area contributed by atoms with Gasteiger partial charge in [0.25, 0.3) is 0 Å². The molecule has 1 heterocycles. The van der Waals surface area contributed by atoms with E-state index in [0.717, 1.165) is 65.8 Å². The van der Waals surface area contributed by atoms with Crippen LogP contribution in [0.1, 0.15) is 37.3 Å². The van der Waals surface area contributed by atoms with Crippen LogP contribution in [-0.4, -0.2) is 29.7 Å². The highest BCUT2D eigenvalue weighted by Crippen LogP contribution is 2.34. The van der Waals surface area contributed by atoms with E-state index >= 15 is 0 Å². The molecule has 1 saturated heterocycles. The van der Waals surface area contributed by atoms with Crippen molar-refractivity contribution in [2.75, 3.05) is 19.7 Å². The van der Waals surface area contributed by atoms with E-state index in [4.69, 9.17) is 4.74 Å². The van der Waals surface area contributed by atoms with E-state index in [1.54, 1.807) is 0 Å². The zero-order valence-electron chi connectivity index (χ0n) is 15.0. The van der Waals surface area contributed by atoms with Crippen molar-refractivity contribution < 1.29 is 9.84 Å². The zero-order chi connectivity index (χ0) is 18.6. The van der Waals surface area contributed by atoms with Gasteiger partial charge in [-0.15, -0.1) is 0 Å². The molecule has 1 fully saturated rings. The second kappa shape index (κ2) is 8.87. The predicted octanol–water partition coefficient (Wildman–Crippen LogP) is 5.48. The summed E-state index contributed by atoms with van der Waals surface area (Å²) in [5.74, 6) is 0.962. The van der Waals surface area contributed by atoms with Crippen molar-refractivity contribution in [1.82, 2.24) is 4.90 Å². The summed E-state index contributed by atoms with van der Waals surface area (Å²) < 4.78 is 8.01. The van der Waals surface area contributed by atoms with Crippen molar-refractivity contribution in [2.45, 2.75) is 38.3 Å². The molecule has 0 bridgehead atoms. The molecule has 1 N–H and O–H groups in total. The summed E-state index contributed by atoms with van der Waals surface area (Å²) in [6.07, 6.45) is 2.49. The lowest BCUT2D eigenvalue weighted by atomic mass is 9.84. The molecule has 0 spiro atoms. The fourth-order valence-corrected chi connectivity index (χ4v) is 4.07. The normalized spacial score (nSPS) is 17.2. The van der Waals surface area contributed by atoms with Crippen molar-refractivity contribution in [3.8, 4) is 5.75 Å². The summed E-state index contributed by atoms with van der Waals surface area (Å²) >= 11 is 7.02. The molecule has 3 nitrogen and oxygen atoms in total. The van der Waals surface area contributed by atoms with Gasteiger partial charge in [-0.25, -0.2) is 0 Å². The second-order valence-corrected chi connectivity index (χ2v) is 8.75. The van der Waals surface area contributed by atoms with Crippen LogP contribution >= 0.6 is 31.9 Å². The van der Waals surface area contributed by atoms with E-state index < -0.39 is 5.60 Å². The molecule has 1 aliphatic heterocycles. The van der Waals surface area contributed by atoms with E-state index in [0.29, 0.717) is 0 Å². The zero-order valence-corrected chi connectivity index (χ0v) is 18.2. The lowest BCUT2D eigenvalue weighted by Gasteiger charge is -2.38. The number of halogens is 2. The highest BCUT2D eigenvalue weighted by molar-refractivity contribution is 9.10. The van der Waals surface area contributed by atoms with Gasteiger partial charge in [-0.3, -0.25) is 4.90 Å². The Morgan fingerprint density at radius 3 is 2.35 bits per heavy atom. The van der Waals surface area contributed by atoms with E-state index in [1.807, 2.05) is 36.4 Å². The van der Waals surface area contributed by atoms with Gasteiger partial charge >= 0.3 is 0 Å². The van der Waals surface area contributed by atoms with Gasteiger partial charge in [-0.2, -0.15) is 0 Å². The lowest BCUT2D eigenvalue weighted by Crippen LogP contribution is -2.42. The molecular formula is C21H25Br2NO2. The van der Waals surface area contributed by atoms with Gasteiger partial charge in [0.05, 0.1) is 12.2 Å². The number of piperidine rings is 1. The smallest absolute Gasteiger partial charge is 0.123 e. The SMILES string of the molecule is CCCOc1ccc(Br)cc1CN1CCC(O)(c2ccc(Br)cc2)CC1. The predicted molar refractivity (Wildman–Crippen MR) is 112 cm³/mol. The highest BCUT2D eigenvalue weighted by Gasteiger charge is 2.34. The van der Waals surface area contributed by atoms with Crippen LogP contribution < -0.4 is 4.74 Å². The number of hydrogen-bond donors (Lipinski definition) is 1. The van der Waals surface area contributed by atoms with Gasteiger partial charge in [-0.1, -0.05) is 50.9 Å². The van der Waals surface area contributed by atoms with Crippen LogP contribution in [0.25, 0.3) is 0 Å². The van der Waals surface area contributed by atoms with E-state index in [1.165, 1.54) is 5.56 Å². The van der Waals surface area contributed by atoms with Crippen molar-refractivity contribution in [1.29, 1.82) is 0 Å². The number of aliphatic hydroxyl groups is 1. The van der Waals surface area contributed by atoms with Crippen molar-refractivity contribution in [3.05, 3.63) is 62.5 Å². The summed E-state index contributed by atoms with van der Waals surface area (Å²) in [5, 5.41) is 11.1. The average Bonchev–Trinajstić information content (AvgIpc) is 2.64. The van der Waals surface area contributed by atoms with Crippen LogP contribution in [0.3, 0.4) is 0 Å². The van der Waals surface area contributed by atoms with Crippen LogP contribution in [0.5, 0.6) is 5.75 Å². The molecule has 0 saturated carbocycles. The summed E-state index contributed by atoms with van der Waals surface area (Å²) in [7, 11) is 0. The molecule has 1 aliphatic rings. The van der Waals surface area contributed by atoms with Gasteiger partial charge in [0.1, 0.15) is 5.75 Å². The molecule has 0 amide bonds. The second-order valence-electron chi connectivity index (χ2n) is 6.92. The monoisotopic (exact) mass is 481 g/mol. The third-order valence-corrected chi connectivity index (χ3v) is 5.96. The molecule has 0 atom stereocenters. The van der Waals surface area contributed by atoms with Crippen molar-refractivity contribution >= 4 is 31.9 Å². The van der Waals surface area contributed by atoms with E-state index in [2.05, 4.69) is 49.7 Å². The minimum absolute atomic E-state index is 0.726.